The van der Waals surface area contributed by atoms with Crippen molar-refractivity contribution in [2.75, 3.05) is 6.61 Å². The number of hydrogen-bond acceptors (Lipinski definition) is 3. The summed E-state index contributed by atoms with van der Waals surface area (Å²) in [5.74, 6) is 0.668. The molecule has 0 saturated carbocycles. The minimum absolute atomic E-state index is 0.651. The number of nitrogens with zero attached hydrogens (tertiary/aromatic N) is 2. The van der Waals surface area contributed by atoms with E-state index in [-0.39, 0.29) is 0 Å². The molecule has 1 saturated heterocycles. The fourth-order valence-electron chi connectivity index (χ4n) is 2.96. The van der Waals surface area contributed by atoms with Gasteiger partial charge in [-0.2, -0.15) is 0 Å². The van der Waals surface area contributed by atoms with Gasteiger partial charge in [0.25, 0.3) is 0 Å². The summed E-state index contributed by atoms with van der Waals surface area (Å²) in [6.07, 6.45) is 2.94. The van der Waals surface area contributed by atoms with E-state index in [1.54, 1.807) is 0 Å². The Bertz CT molecular complexity index is 770. The summed E-state index contributed by atoms with van der Waals surface area (Å²) in [4.78, 5) is 9.65. The topological polar surface area (TPSA) is 34.0 Å². The number of aryl methyl sites for hydroxylation is 3. The summed E-state index contributed by atoms with van der Waals surface area (Å²) in [5.41, 5.74) is 6.59. The molecule has 1 aliphatic heterocycles. The van der Waals surface area contributed by atoms with Crippen LogP contribution in [0, 0.1) is 13.8 Å². The third-order valence-electron chi connectivity index (χ3n) is 4.24. The van der Waals surface area contributed by atoms with E-state index in [2.05, 4.69) is 57.2 Å². The Labute approximate surface area is 144 Å². The lowest BCUT2D eigenvalue weighted by molar-refractivity contribution is 0.344. The number of hydrogen-bond donors (Lipinski definition) is 0. The van der Waals surface area contributed by atoms with E-state index in [0.29, 0.717) is 12.5 Å². The van der Waals surface area contributed by atoms with E-state index in [1.165, 1.54) is 16.7 Å². The molecule has 2 aromatic rings. The van der Waals surface area contributed by atoms with Crippen molar-refractivity contribution in [2.24, 2.45) is 9.98 Å². The van der Waals surface area contributed by atoms with Gasteiger partial charge in [0, 0.05) is 6.42 Å². The van der Waals surface area contributed by atoms with Crippen molar-refractivity contribution >= 4 is 23.0 Å². The Hall–Kier alpha value is -2.42. The largest absolute Gasteiger partial charge is 0.476 e. The highest BCUT2D eigenvalue weighted by Gasteiger charge is 2.20. The van der Waals surface area contributed by atoms with Gasteiger partial charge in [-0.15, -0.1) is 0 Å². The quantitative estimate of drug-likeness (QED) is 0.734. The van der Waals surface area contributed by atoms with Crippen LogP contribution in [0.3, 0.4) is 0 Å². The number of ether oxygens (including phenoxy) is 1. The van der Waals surface area contributed by atoms with Gasteiger partial charge >= 0.3 is 0 Å². The minimum Gasteiger partial charge on any atom is -0.476 e. The van der Waals surface area contributed by atoms with Crippen LogP contribution in [0.1, 0.15) is 36.5 Å². The summed E-state index contributed by atoms with van der Waals surface area (Å²) in [7, 11) is 0. The molecule has 2 aromatic carbocycles. The molecule has 3 heteroatoms. The van der Waals surface area contributed by atoms with E-state index >= 15 is 0 Å². The fourth-order valence-corrected chi connectivity index (χ4v) is 2.96. The molecule has 1 fully saturated rings. The molecule has 3 nitrogen and oxygen atoms in total. The smallest absolute Gasteiger partial charge is 0.236 e. The van der Waals surface area contributed by atoms with Crippen LogP contribution in [0.5, 0.6) is 0 Å². The van der Waals surface area contributed by atoms with Crippen molar-refractivity contribution < 1.29 is 4.74 Å². The molecule has 1 aliphatic rings. The van der Waals surface area contributed by atoms with Crippen LogP contribution in [0.15, 0.2) is 52.4 Å². The number of aliphatic imine (C=N–C) groups is 2. The van der Waals surface area contributed by atoms with Gasteiger partial charge in [-0.1, -0.05) is 49.7 Å². The van der Waals surface area contributed by atoms with Gasteiger partial charge in [0.1, 0.15) is 5.71 Å². The lowest BCUT2D eigenvalue weighted by atomic mass is 10.1. The predicted octanol–water partition coefficient (Wildman–Crippen LogP) is 5.48. The van der Waals surface area contributed by atoms with Gasteiger partial charge in [0.15, 0.2) is 0 Å². The molecule has 0 N–H and O–H groups in total. The van der Waals surface area contributed by atoms with Crippen molar-refractivity contribution in [3.63, 3.8) is 0 Å². The average molecular weight is 320 g/mol. The van der Waals surface area contributed by atoms with Gasteiger partial charge in [-0.25, -0.2) is 9.98 Å². The molecular formula is C21H24N2O. The third-order valence-corrected chi connectivity index (χ3v) is 4.24. The van der Waals surface area contributed by atoms with Crippen molar-refractivity contribution in [2.45, 2.75) is 40.0 Å². The number of rotatable bonds is 4. The summed E-state index contributed by atoms with van der Waals surface area (Å²) in [6, 6.07) is 14.5. The Morgan fingerprint density at radius 1 is 0.958 bits per heavy atom. The first-order valence-corrected chi connectivity index (χ1v) is 8.62. The normalized spacial score (nSPS) is 17.5. The lowest BCUT2D eigenvalue weighted by Crippen LogP contribution is -2.07. The van der Waals surface area contributed by atoms with E-state index < -0.39 is 0 Å². The van der Waals surface area contributed by atoms with Crippen LogP contribution in [0.4, 0.5) is 11.4 Å². The summed E-state index contributed by atoms with van der Waals surface area (Å²) >= 11 is 0. The van der Waals surface area contributed by atoms with E-state index in [0.717, 1.165) is 36.3 Å². The first-order chi connectivity index (χ1) is 11.7. The molecule has 0 unspecified atom stereocenters. The Balaban J connectivity index is 1.98. The van der Waals surface area contributed by atoms with Crippen molar-refractivity contribution in [1.82, 2.24) is 0 Å². The van der Waals surface area contributed by atoms with Gasteiger partial charge in [-0.05, 0) is 43.0 Å². The van der Waals surface area contributed by atoms with Gasteiger partial charge < -0.3 is 4.74 Å². The SMILES string of the molecule is CCCc1ccccc1N=C1OCCC1=Nc1c(C)cccc1C. The monoisotopic (exact) mass is 320 g/mol. The maximum absolute atomic E-state index is 5.77. The van der Waals surface area contributed by atoms with Crippen LogP contribution < -0.4 is 0 Å². The highest BCUT2D eigenvalue weighted by Crippen LogP contribution is 2.26. The van der Waals surface area contributed by atoms with Crippen molar-refractivity contribution in [3.05, 3.63) is 59.2 Å². The lowest BCUT2D eigenvalue weighted by Gasteiger charge is -2.07. The van der Waals surface area contributed by atoms with Crippen molar-refractivity contribution in [3.8, 4) is 0 Å². The summed E-state index contributed by atoms with van der Waals surface area (Å²) in [5, 5.41) is 0. The van der Waals surface area contributed by atoms with E-state index in [4.69, 9.17) is 14.7 Å². The molecular weight excluding hydrogens is 296 g/mol. The zero-order valence-corrected chi connectivity index (χ0v) is 14.7. The molecule has 1 heterocycles. The summed E-state index contributed by atoms with van der Waals surface area (Å²) in [6.45, 7) is 7.02. The number of benzene rings is 2. The van der Waals surface area contributed by atoms with Crippen LogP contribution in [-0.2, 0) is 11.2 Å². The van der Waals surface area contributed by atoms with Gasteiger partial charge in [0.05, 0.1) is 18.0 Å². The Morgan fingerprint density at radius 2 is 1.71 bits per heavy atom. The Kier molecular flexibility index (Phi) is 5.09. The molecule has 0 amide bonds. The zero-order chi connectivity index (χ0) is 16.9. The second-order valence-electron chi connectivity index (χ2n) is 6.19. The average Bonchev–Trinajstić information content (AvgIpc) is 3.00. The highest BCUT2D eigenvalue weighted by molar-refractivity contribution is 6.41. The molecule has 3 rings (SSSR count). The molecule has 24 heavy (non-hydrogen) atoms. The van der Waals surface area contributed by atoms with Crippen LogP contribution in [0.2, 0.25) is 0 Å². The molecule has 0 radical (unpaired) electrons. The standard InChI is InChI=1S/C21H24N2O/c1-4-8-17-11-5-6-12-18(17)23-21-19(13-14-24-21)22-20-15(2)9-7-10-16(20)3/h5-7,9-12H,4,8,13-14H2,1-3H3. The summed E-state index contributed by atoms with van der Waals surface area (Å²) < 4.78 is 5.77. The molecule has 0 spiro atoms. The maximum Gasteiger partial charge on any atom is 0.236 e. The maximum atomic E-state index is 5.77. The third kappa shape index (κ3) is 3.56. The fraction of sp³-hybridized carbons (Fsp3) is 0.333. The molecule has 0 atom stereocenters. The van der Waals surface area contributed by atoms with Crippen LogP contribution >= 0.6 is 0 Å². The van der Waals surface area contributed by atoms with Crippen LogP contribution in [0.25, 0.3) is 0 Å². The van der Waals surface area contributed by atoms with E-state index in [9.17, 15) is 0 Å². The predicted molar refractivity (Wildman–Crippen MR) is 101 cm³/mol. The highest BCUT2D eigenvalue weighted by atomic mass is 16.5. The molecule has 0 bridgehead atoms. The van der Waals surface area contributed by atoms with Crippen molar-refractivity contribution in [1.29, 1.82) is 0 Å². The van der Waals surface area contributed by atoms with Gasteiger partial charge in [0.2, 0.25) is 5.90 Å². The van der Waals surface area contributed by atoms with Crippen LogP contribution in [-0.4, -0.2) is 18.2 Å². The minimum atomic E-state index is 0.651. The number of para-hydroxylation sites is 2. The van der Waals surface area contributed by atoms with Gasteiger partial charge in [-0.3, -0.25) is 0 Å². The molecule has 124 valence electrons. The molecule has 0 aromatic heterocycles. The zero-order valence-electron chi connectivity index (χ0n) is 14.7. The first kappa shape index (κ1) is 16.4. The Morgan fingerprint density at radius 3 is 2.46 bits per heavy atom. The second kappa shape index (κ2) is 7.43. The molecule has 0 aliphatic carbocycles. The second-order valence-corrected chi connectivity index (χ2v) is 6.19. The van der Waals surface area contributed by atoms with E-state index in [1.807, 2.05) is 6.07 Å². The first-order valence-electron chi connectivity index (χ1n) is 8.62.